The van der Waals surface area contributed by atoms with Crippen LogP contribution in [0.1, 0.15) is 102 Å². The molecule has 0 aliphatic carbocycles. The largest absolute Gasteiger partial charge is 1.00 e. The third-order valence-corrected chi connectivity index (χ3v) is 9.20. The Morgan fingerprint density at radius 2 is 1.16 bits per heavy atom. The Kier molecular flexibility index (Phi) is 16.9. The molecule has 6 aromatic carbocycles. The zero-order valence-electron chi connectivity index (χ0n) is 33.1. The van der Waals surface area contributed by atoms with Crippen LogP contribution in [0.4, 0.5) is 0 Å². The molecule has 51 heavy (non-hydrogen) atoms. The van der Waals surface area contributed by atoms with Gasteiger partial charge in [-0.05, 0) is 39.0 Å². The van der Waals surface area contributed by atoms with Gasteiger partial charge in [-0.1, -0.05) is 154 Å². The summed E-state index contributed by atoms with van der Waals surface area (Å²) >= 11 is 1.74. The standard InChI is InChI=1S/C23H27.C22H25.C2H6Si.2ClH.Zr/c1-6-7-17-10-13-20(22-15-16(2)14-21(17)22)18-8-11-19(12-9-18)23(3,4)5;1-15(2)18-13-17-7-6-8-20(21(17)14-18)16-9-11-19(12-10-16)22(3,4)5;1-3-2;;;/h8-15H,6-7H2,1-5H3;6-15H,1-5H3;1-2H3;2*1H;/q2*-1;;;;+2/p-2. The summed E-state index contributed by atoms with van der Waals surface area (Å²) < 4.78 is 0. The first-order valence-electron chi connectivity index (χ1n) is 18.1. The molecule has 0 radical (unpaired) electrons. The number of rotatable bonds is 5. The second-order valence-electron chi connectivity index (χ2n) is 16.3. The van der Waals surface area contributed by atoms with Gasteiger partial charge in [-0.3, -0.25) is 0 Å². The van der Waals surface area contributed by atoms with E-state index in [1.54, 1.807) is 23.3 Å². The van der Waals surface area contributed by atoms with E-state index in [1.807, 2.05) is 0 Å². The second-order valence-corrected chi connectivity index (χ2v) is 25.7. The Morgan fingerprint density at radius 3 is 1.61 bits per heavy atom. The van der Waals surface area contributed by atoms with Crippen LogP contribution >= 0.6 is 0 Å². The molecule has 0 N–H and O–H groups in total. The predicted octanol–water partition coefficient (Wildman–Crippen LogP) is 8.22. The van der Waals surface area contributed by atoms with Gasteiger partial charge in [0.05, 0.1) is 0 Å². The number of hydrogen-bond donors (Lipinski definition) is 0. The predicted molar refractivity (Wildman–Crippen MR) is 218 cm³/mol. The van der Waals surface area contributed by atoms with E-state index in [-0.39, 0.29) is 41.1 Å². The Balaban J connectivity index is 0.000000309. The van der Waals surface area contributed by atoms with Gasteiger partial charge in [0.25, 0.3) is 0 Å². The molecule has 0 nitrogen and oxygen atoms in total. The van der Waals surface area contributed by atoms with Crippen molar-refractivity contribution >= 4 is 27.0 Å². The Hall–Kier alpha value is -2.22. The summed E-state index contributed by atoms with van der Waals surface area (Å²) in [4.78, 5) is 0. The van der Waals surface area contributed by atoms with Gasteiger partial charge in [0.15, 0.2) is 0 Å². The molecule has 0 aromatic heterocycles. The number of benzene rings is 4. The van der Waals surface area contributed by atoms with Crippen molar-refractivity contribution in [2.75, 3.05) is 0 Å². The molecule has 6 aromatic rings. The molecule has 6 rings (SSSR count). The van der Waals surface area contributed by atoms with Crippen molar-refractivity contribution in [3.63, 3.8) is 0 Å². The minimum Gasteiger partial charge on any atom is -1.00 e. The van der Waals surface area contributed by atoms with Crippen LogP contribution in [0.3, 0.4) is 0 Å². The summed E-state index contributed by atoms with van der Waals surface area (Å²) in [6.07, 6.45) is 2.35. The molecular weight excluding hydrogens is 755 g/mol. The van der Waals surface area contributed by atoms with E-state index >= 15 is 0 Å². The molecule has 0 atom stereocenters. The van der Waals surface area contributed by atoms with E-state index in [1.165, 1.54) is 78.0 Å². The molecule has 0 aliphatic rings. The number of aryl methyl sites for hydroxylation is 2. The molecule has 0 fully saturated rings. The molecule has 0 amide bonds. The summed E-state index contributed by atoms with van der Waals surface area (Å²) in [5.74, 6) is 0.573. The van der Waals surface area contributed by atoms with E-state index in [2.05, 4.69) is 185 Å². The minimum absolute atomic E-state index is 0. The maximum absolute atomic E-state index is 2.35. The Labute approximate surface area is 337 Å². The van der Waals surface area contributed by atoms with Crippen molar-refractivity contribution in [1.82, 2.24) is 0 Å². The molecule has 4 heteroatoms. The SMILES string of the molecule is CC(C)c1cc2c(-c3ccc(C(C)(C)C)cc3)cccc2[cH-]1.CCCc1ccc(-c2ccc(C(C)(C)C)cc2)c2cc(C)[cH-]c12.C[Si](C)=[Zr+2].[Cl-].[Cl-]. The third kappa shape index (κ3) is 11.9. The van der Waals surface area contributed by atoms with Crippen LogP contribution in [0.2, 0.25) is 13.1 Å². The maximum Gasteiger partial charge on any atom is -1.00 e. The number of halogens is 2. The molecule has 0 bridgehead atoms. The third-order valence-electron chi connectivity index (χ3n) is 9.20. The maximum atomic E-state index is 2.35. The Morgan fingerprint density at radius 1 is 0.667 bits per heavy atom. The van der Waals surface area contributed by atoms with Gasteiger partial charge in [0.2, 0.25) is 0 Å². The summed E-state index contributed by atoms with van der Waals surface area (Å²) in [6.45, 7) is 27.1. The van der Waals surface area contributed by atoms with Crippen LogP contribution in [0, 0.1) is 6.92 Å². The van der Waals surface area contributed by atoms with Crippen molar-refractivity contribution in [3.8, 4) is 22.3 Å². The fourth-order valence-corrected chi connectivity index (χ4v) is 6.39. The van der Waals surface area contributed by atoms with Crippen LogP contribution in [0.5, 0.6) is 0 Å². The van der Waals surface area contributed by atoms with Gasteiger partial charge in [0.1, 0.15) is 0 Å². The molecule has 0 unspecified atom stereocenters. The fourth-order valence-electron chi connectivity index (χ4n) is 6.39. The molecule has 0 saturated carbocycles. The van der Waals surface area contributed by atoms with Crippen molar-refractivity contribution in [2.24, 2.45) is 0 Å². The summed E-state index contributed by atoms with van der Waals surface area (Å²) in [6, 6.07) is 38.7. The first-order chi connectivity index (χ1) is 23.0. The molecule has 270 valence electrons. The monoisotopic (exact) mass is 810 g/mol. The molecule has 0 saturated heterocycles. The van der Waals surface area contributed by atoms with E-state index in [4.69, 9.17) is 0 Å². The smallest absolute Gasteiger partial charge is 1.00 e. The molecule has 0 spiro atoms. The molecule has 0 aliphatic heterocycles. The van der Waals surface area contributed by atoms with Crippen molar-refractivity contribution in [2.45, 2.75) is 112 Å². The van der Waals surface area contributed by atoms with Gasteiger partial charge < -0.3 is 24.8 Å². The molecular formula is C47H58Cl2SiZr-2. The van der Waals surface area contributed by atoms with Gasteiger partial charge >= 0.3 is 41.9 Å². The minimum atomic E-state index is 0. The van der Waals surface area contributed by atoms with Gasteiger partial charge in [-0.15, -0.1) is 68.6 Å². The van der Waals surface area contributed by atoms with E-state index in [9.17, 15) is 0 Å². The van der Waals surface area contributed by atoms with Crippen LogP contribution in [0.25, 0.3) is 43.8 Å². The number of hydrogen-bond acceptors (Lipinski definition) is 0. The van der Waals surface area contributed by atoms with Crippen LogP contribution in [-0.2, 0) is 40.6 Å². The summed E-state index contributed by atoms with van der Waals surface area (Å²) in [5, 5.41) is 5.55. The average Bonchev–Trinajstić information content (AvgIpc) is 3.65. The first-order valence-corrected chi connectivity index (χ1v) is 24.3. The second kappa shape index (κ2) is 19.2. The van der Waals surface area contributed by atoms with Crippen molar-refractivity contribution in [3.05, 3.63) is 131 Å². The average molecular weight is 813 g/mol. The zero-order chi connectivity index (χ0) is 36.1. The van der Waals surface area contributed by atoms with E-state index in [0.29, 0.717) is 5.92 Å². The normalized spacial score (nSPS) is 11.3. The topological polar surface area (TPSA) is 0 Å². The quantitative estimate of drug-likeness (QED) is 0.122. The van der Waals surface area contributed by atoms with Gasteiger partial charge in [0, 0.05) is 0 Å². The Bertz CT molecular complexity index is 1990. The van der Waals surface area contributed by atoms with Crippen LogP contribution in [-0.4, -0.2) is 5.43 Å². The van der Waals surface area contributed by atoms with Crippen molar-refractivity contribution in [1.29, 1.82) is 0 Å². The van der Waals surface area contributed by atoms with E-state index in [0.717, 1.165) is 6.42 Å². The van der Waals surface area contributed by atoms with E-state index < -0.39 is 0 Å². The van der Waals surface area contributed by atoms with Gasteiger partial charge in [-0.2, -0.15) is 12.1 Å². The molecule has 0 heterocycles. The number of fused-ring (bicyclic) bond motifs is 2. The summed E-state index contributed by atoms with van der Waals surface area (Å²) in [5.41, 5.74) is 13.0. The zero-order valence-corrected chi connectivity index (χ0v) is 38.0. The summed E-state index contributed by atoms with van der Waals surface area (Å²) in [7, 11) is 0. The van der Waals surface area contributed by atoms with Crippen LogP contribution in [0.15, 0.2) is 103 Å². The van der Waals surface area contributed by atoms with Gasteiger partial charge in [-0.25, -0.2) is 0 Å². The van der Waals surface area contributed by atoms with Crippen molar-refractivity contribution < 1.29 is 48.1 Å². The fraction of sp³-hybridized carbons (Fsp3) is 0.362. The van der Waals surface area contributed by atoms with Crippen LogP contribution < -0.4 is 24.8 Å². The first kappa shape index (κ1) is 44.9.